The fourth-order valence-electron chi connectivity index (χ4n) is 3.96. The Morgan fingerprint density at radius 1 is 1.10 bits per heavy atom. The lowest BCUT2D eigenvalue weighted by Crippen LogP contribution is -2.41. The number of morpholine rings is 1. The number of carbonyl (C=O) groups excluding carboxylic acids is 1. The minimum atomic E-state index is -0.351. The number of aromatic nitrogens is 1. The molecule has 5 nitrogen and oxygen atoms in total. The first-order chi connectivity index (χ1) is 14.2. The topological polar surface area (TPSA) is 57.4 Å². The van der Waals surface area contributed by atoms with Crippen LogP contribution < -0.4 is 5.32 Å². The molecule has 2 N–H and O–H groups in total. The zero-order valence-electron chi connectivity index (χ0n) is 16.4. The van der Waals surface area contributed by atoms with Crippen LogP contribution in [0.5, 0.6) is 0 Å². The van der Waals surface area contributed by atoms with Gasteiger partial charge in [-0.15, -0.1) is 0 Å². The molecule has 1 aliphatic rings. The van der Waals surface area contributed by atoms with Crippen molar-refractivity contribution < 1.29 is 13.9 Å². The van der Waals surface area contributed by atoms with Gasteiger partial charge in [-0.05, 0) is 23.3 Å². The molecule has 2 heterocycles. The quantitative estimate of drug-likeness (QED) is 0.646. The Balaban J connectivity index is 1.50. The highest BCUT2D eigenvalue weighted by atomic mass is 19.1. The van der Waals surface area contributed by atoms with Crippen LogP contribution in [-0.2, 0) is 9.53 Å². The molecule has 2 aromatic carbocycles. The first-order valence-corrected chi connectivity index (χ1v) is 10.1. The van der Waals surface area contributed by atoms with Crippen molar-refractivity contribution in [1.29, 1.82) is 0 Å². The van der Waals surface area contributed by atoms with Crippen molar-refractivity contribution >= 4 is 16.8 Å². The van der Waals surface area contributed by atoms with Gasteiger partial charge in [-0.2, -0.15) is 0 Å². The fourth-order valence-corrected chi connectivity index (χ4v) is 3.96. The van der Waals surface area contributed by atoms with E-state index >= 15 is 0 Å². The molecule has 1 fully saturated rings. The van der Waals surface area contributed by atoms with Gasteiger partial charge in [0.05, 0.1) is 13.2 Å². The third kappa shape index (κ3) is 4.66. The zero-order valence-corrected chi connectivity index (χ0v) is 16.4. The van der Waals surface area contributed by atoms with E-state index in [1.165, 1.54) is 6.07 Å². The molecule has 3 aromatic rings. The van der Waals surface area contributed by atoms with Gasteiger partial charge in [0, 0.05) is 55.6 Å². The summed E-state index contributed by atoms with van der Waals surface area (Å²) in [6.45, 7) is 4.64. The number of aromatic amines is 1. The molecule has 6 heteroatoms. The lowest BCUT2D eigenvalue weighted by molar-refractivity contribution is -0.121. The van der Waals surface area contributed by atoms with Crippen molar-refractivity contribution in [3.8, 4) is 0 Å². The van der Waals surface area contributed by atoms with Gasteiger partial charge in [0.1, 0.15) is 5.82 Å². The van der Waals surface area contributed by atoms with Crippen molar-refractivity contribution in [3.05, 3.63) is 71.7 Å². The van der Waals surface area contributed by atoms with Crippen LogP contribution >= 0.6 is 0 Å². The molecule has 0 radical (unpaired) electrons. The lowest BCUT2D eigenvalue weighted by atomic mass is 9.87. The normalized spacial score (nSPS) is 16.0. The maximum Gasteiger partial charge on any atom is 0.220 e. The van der Waals surface area contributed by atoms with E-state index in [1.807, 2.05) is 36.5 Å². The second-order valence-electron chi connectivity index (χ2n) is 7.37. The average molecular weight is 395 g/mol. The van der Waals surface area contributed by atoms with E-state index in [4.69, 9.17) is 4.74 Å². The van der Waals surface area contributed by atoms with E-state index in [0.717, 1.165) is 49.3 Å². The minimum Gasteiger partial charge on any atom is -0.379 e. The summed E-state index contributed by atoms with van der Waals surface area (Å²) in [5.41, 5.74) is 2.46. The molecular formula is C23H26FN3O2. The summed E-state index contributed by atoms with van der Waals surface area (Å²) in [6, 6.07) is 14.6. The second kappa shape index (κ2) is 9.20. The molecule has 152 valence electrons. The molecule has 1 amide bonds. The average Bonchev–Trinajstić information content (AvgIpc) is 3.17. The highest BCUT2D eigenvalue weighted by molar-refractivity contribution is 5.86. The number of H-pyrrole nitrogens is 1. The van der Waals surface area contributed by atoms with Crippen LogP contribution in [0, 0.1) is 5.82 Å². The Bertz CT molecular complexity index is 965. The van der Waals surface area contributed by atoms with E-state index in [-0.39, 0.29) is 24.1 Å². The first kappa shape index (κ1) is 19.6. The maximum atomic E-state index is 14.6. The van der Waals surface area contributed by atoms with Crippen molar-refractivity contribution in [3.63, 3.8) is 0 Å². The number of nitrogens with one attached hydrogen (secondary N) is 2. The fraction of sp³-hybridized carbons (Fsp3) is 0.348. The Morgan fingerprint density at radius 2 is 1.86 bits per heavy atom. The number of carbonyl (C=O) groups is 1. The number of fused-ring (bicyclic) bond motifs is 1. The third-order valence-corrected chi connectivity index (χ3v) is 5.52. The number of nitrogens with zero attached hydrogens (tertiary/aromatic N) is 1. The second-order valence-corrected chi connectivity index (χ2v) is 7.37. The van der Waals surface area contributed by atoms with Crippen LogP contribution in [0.1, 0.15) is 23.5 Å². The van der Waals surface area contributed by atoms with Gasteiger partial charge >= 0.3 is 0 Å². The van der Waals surface area contributed by atoms with Crippen LogP contribution in [0.4, 0.5) is 4.39 Å². The Kier molecular flexibility index (Phi) is 6.22. The summed E-state index contributed by atoms with van der Waals surface area (Å²) < 4.78 is 20.0. The van der Waals surface area contributed by atoms with Crippen molar-refractivity contribution in [1.82, 2.24) is 15.2 Å². The molecule has 0 bridgehead atoms. The van der Waals surface area contributed by atoms with Crippen LogP contribution in [0.15, 0.2) is 54.7 Å². The number of halogens is 1. The number of ether oxygens (including phenoxy) is 1. The molecule has 1 unspecified atom stereocenters. The van der Waals surface area contributed by atoms with Gasteiger partial charge in [-0.25, -0.2) is 4.39 Å². The summed E-state index contributed by atoms with van der Waals surface area (Å²) in [5.74, 6) is -0.712. The van der Waals surface area contributed by atoms with Gasteiger partial charge < -0.3 is 15.0 Å². The van der Waals surface area contributed by atoms with Gasteiger partial charge in [-0.3, -0.25) is 9.69 Å². The smallest absolute Gasteiger partial charge is 0.220 e. The maximum absolute atomic E-state index is 14.6. The predicted molar refractivity (Wildman–Crippen MR) is 111 cm³/mol. The SMILES string of the molecule is O=C(CC(c1ccccc1F)c1c[nH]c2ccccc12)NCCN1CCOCC1. The summed E-state index contributed by atoms with van der Waals surface area (Å²) in [5, 5.41) is 4.02. The van der Waals surface area contributed by atoms with Gasteiger partial charge in [0.2, 0.25) is 5.91 Å². The molecule has 1 saturated heterocycles. The first-order valence-electron chi connectivity index (χ1n) is 10.1. The van der Waals surface area contributed by atoms with Crippen molar-refractivity contribution in [2.45, 2.75) is 12.3 Å². The van der Waals surface area contributed by atoms with E-state index < -0.39 is 0 Å². The van der Waals surface area contributed by atoms with Crippen LogP contribution in [0.2, 0.25) is 0 Å². The summed E-state index contributed by atoms with van der Waals surface area (Å²) in [4.78, 5) is 18.2. The van der Waals surface area contributed by atoms with Crippen molar-refractivity contribution in [2.24, 2.45) is 0 Å². The zero-order chi connectivity index (χ0) is 20.1. The predicted octanol–water partition coefficient (Wildman–Crippen LogP) is 3.28. The standard InChI is InChI=1S/C23H26FN3O2/c24-21-7-3-1-5-17(21)19(20-16-26-22-8-4-2-6-18(20)22)15-23(28)25-9-10-27-11-13-29-14-12-27/h1-8,16,19,26H,9-15H2,(H,25,28). The van der Waals surface area contributed by atoms with E-state index in [9.17, 15) is 9.18 Å². The lowest BCUT2D eigenvalue weighted by Gasteiger charge is -2.26. The Morgan fingerprint density at radius 3 is 2.69 bits per heavy atom. The number of hydrogen-bond acceptors (Lipinski definition) is 3. The summed E-state index contributed by atoms with van der Waals surface area (Å²) in [6.07, 6.45) is 2.09. The molecule has 1 aliphatic heterocycles. The monoisotopic (exact) mass is 395 g/mol. The van der Waals surface area contributed by atoms with Crippen molar-refractivity contribution in [2.75, 3.05) is 39.4 Å². The van der Waals surface area contributed by atoms with Gasteiger partial charge in [0.15, 0.2) is 0 Å². The van der Waals surface area contributed by atoms with E-state index in [1.54, 1.807) is 12.1 Å². The number of benzene rings is 2. The third-order valence-electron chi connectivity index (χ3n) is 5.52. The molecule has 4 rings (SSSR count). The molecule has 1 atom stereocenters. The number of para-hydroxylation sites is 1. The largest absolute Gasteiger partial charge is 0.379 e. The molecular weight excluding hydrogens is 369 g/mol. The van der Waals surface area contributed by atoms with Gasteiger partial charge in [0.25, 0.3) is 0 Å². The Hall–Kier alpha value is -2.70. The van der Waals surface area contributed by atoms with E-state index in [0.29, 0.717) is 12.1 Å². The summed E-state index contributed by atoms with van der Waals surface area (Å²) in [7, 11) is 0. The Labute approximate surface area is 169 Å². The molecule has 0 aliphatic carbocycles. The van der Waals surface area contributed by atoms with Crippen LogP contribution in [0.25, 0.3) is 10.9 Å². The molecule has 0 spiro atoms. The van der Waals surface area contributed by atoms with Gasteiger partial charge in [-0.1, -0.05) is 36.4 Å². The number of amides is 1. The highest BCUT2D eigenvalue weighted by Gasteiger charge is 2.24. The summed E-state index contributed by atoms with van der Waals surface area (Å²) >= 11 is 0. The highest BCUT2D eigenvalue weighted by Crippen LogP contribution is 2.34. The van der Waals surface area contributed by atoms with Crippen LogP contribution in [0.3, 0.4) is 0 Å². The minimum absolute atomic E-state index is 0.0724. The molecule has 0 saturated carbocycles. The molecule has 1 aromatic heterocycles. The number of hydrogen-bond donors (Lipinski definition) is 2. The number of rotatable bonds is 7. The molecule has 29 heavy (non-hydrogen) atoms. The van der Waals surface area contributed by atoms with E-state index in [2.05, 4.69) is 15.2 Å². The van der Waals surface area contributed by atoms with Crippen LogP contribution in [-0.4, -0.2) is 55.2 Å².